The summed E-state index contributed by atoms with van der Waals surface area (Å²) in [4.78, 5) is 20.5. The summed E-state index contributed by atoms with van der Waals surface area (Å²) in [5, 5.41) is 1.10. The van der Waals surface area contributed by atoms with Crippen molar-refractivity contribution in [2.75, 3.05) is 14.2 Å². The van der Waals surface area contributed by atoms with Crippen molar-refractivity contribution in [1.29, 1.82) is 0 Å². The number of rotatable bonds is 5. The summed E-state index contributed by atoms with van der Waals surface area (Å²) in [7, 11) is 8.92. The lowest BCUT2D eigenvalue weighted by Gasteiger charge is -2.27. The van der Waals surface area contributed by atoms with E-state index in [-0.39, 0.29) is 0 Å². The molecule has 0 aliphatic carbocycles. The molecule has 4 rings (SSSR count). The number of H-pyrrole nitrogens is 2. The minimum Gasteiger partial charge on any atom is -0.496 e. The van der Waals surface area contributed by atoms with Crippen molar-refractivity contribution in [3.63, 3.8) is 0 Å². The summed E-state index contributed by atoms with van der Waals surface area (Å²) in [6.45, 7) is 8.65. The number of aromatic amines is 2. The largest absolute Gasteiger partial charge is 0.496 e. The number of aromatic nitrogens is 3. The zero-order chi connectivity index (χ0) is 21.9. The van der Waals surface area contributed by atoms with Crippen molar-refractivity contribution in [3.8, 4) is 5.75 Å². The van der Waals surface area contributed by atoms with Crippen LogP contribution < -0.4 is 10.2 Å². The van der Waals surface area contributed by atoms with Gasteiger partial charge in [-0.15, -0.1) is 6.58 Å². The van der Waals surface area contributed by atoms with Crippen molar-refractivity contribution < 1.29 is 14.3 Å². The fraction of sp³-hybridized carbons (Fsp3) is 0.217. The number of nitrogens with zero attached hydrogens (tertiary/aromatic N) is 1. The molecule has 2 aromatic heterocycles. The topological polar surface area (TPSA) is 80.0 Å². The van der Waals surface area contributed by atoms with Crippen LogP contribution >= 0.6 is 0 Å². The first kappa shape index (κ1) is 21.2. The minimum absolute atomic E-state index is 0.375. The Bertz CT molecular complexity index is 1210. The second-order valence-electron chi connectivity index (χ2n) is 7.14. The summed E-state index contributed by atoms with van der Waals surface area (Å²) in [5.74, 6) is 1.62. The number of carbonyl (C=O) groups excluding carboxylic acids is 1. The minimum atomic E-state index is -0.562. The van der Waals surface area contributed by atoms with E-state index in [1.54, 1.807) is 7.11 Å². The van der Waals surface area contributed by atoms with E-state index in [1.165, 1.54) is 7.11 Å². The molecule has 1 unspecified atom stereocenters. The Morgan fingerprint density at radius 2 is 1.97 bits per heavy atom. The first-order valence-electron chi connectivity index (χ1n) is 9.40. The van der Waals surface area contributed by atoms with E-state index < -0.39 is 5.41 Å². The summed E-state index contributed by atoms with van der Waals surface area (Å²) in [6, 6.07) is 9.80. The molecule has 0 saturated carbocycles. The lowest BCUT2D eigenvalue weighted by Crippen LogP contribution is -2.23. The Labute approximate surface area is 176 Å². The maximum Gasteiger partial charge on any atom is 0.292 e. The number of allylic oxidation sites excluding steroid dienone is 1. The van der Waals surface area contributed by atoms with E-state index >= 15 is 0 Å². The predicted octanol–water partition coefficient (Wildman–Crippen LogP) is 3.44. The molecule has 4 aromatic rings. The molecular weight excluding hydrogens is 377 g/mol. The van der Waals surface area contributed by atoms with Crippen molar-refractivity contribution >= 4 is 41.7 Å². The van der Waals surface area contributed by atoms with Crippen LogP contribution in [0.2, 0.25) is 0 Å². The molecule has 0 bridgehead atoms. The van der Waals surface area contributed by atoms with Crippen LogP contribution in [0.25, 0.3) is 21.9 Å². The second-order valence-corrected chi connectivity index (χ2v) is 7.14. The van der Waals surface area contributed by atoms with Crippen LogP contribution in [0, 0.1) is 6.92 Å². The Morgan fingerprint density at radius 3 is 2.60 bits per heavy atom. The molecule has 0 fully saturated rings. The molecule has 1 atom stereocenters. The van der Waals surface area contributed by atoms with Gasteiger partial charge in [0.2, 0.25) is 0 Å². The molecular formula is C23H24BN3O3. The Morgan fingerprint density at radius 1 is 1.23 bits per heavy atom. The normalized spacial score (nSPS) is 12.7. The van der Waals surface area contributed by atoms with Crippen LogP contribution in [0.15, 0.2) is 49.2 Å². The highest BCUT2D eigenvalue weighted by Gasteiger charge is 2.34. The SMILES string of the molecule is COC=O.[B]c1ccc2nc(C(C)(C=C)c3c(OC)cc(C)c4[nH]ccc34)[nH]c2c1. The van der Waals surface area contributed by atoms with Crippen LogP contribution in [0.4, 0.5) is 0 Å². The van der Waals surface area contributed by atoms with Gasteiger partial charge in [0, 0.05) is 22.7 Å². The molecule has 2 N–H and O–H groups in total. The van der Waals surface area contributed by atoms with E-state index in [4.69, 9.17) is 22.4 Å². The maximum atomic E-state index is 8.95. The second kappa shape index (κ2) is 8.49. The number of aryl methyl sites for hydroxylation is 1. The molecule has 2 aromatic carbocycles. The molecule has 2 heterocycles. The molecule has 6 nitrogen and oxygen atoms in total. The van der Waals surface area contributed by atoms with Crippen LogP contribution in [0.3, 0.4) is 0 Å². The van der Waals surface area contributed by atoms with Gasteiger partial charge >= 0.3 is 0 Å². The number of ether oxygens (including phenoxy) is 2. The van der Waals surface area contributed by atoms with E-state index in [2.05, 4.69) is 47.3 Å². The average Bonchev–Trinajstić information content (AvgIpc) is 3.40. The van der Waals surface area contributed by atoms with Gasteiger partial charge < -0.3 is 19.4 Å². The van der Waals surface area contributed by atoms with Crippen LogP contribution in [0.1, 0.15) is 23.9 Å². The number of nitrogens with one attached hydrogen (secondary N) is 2. The number of hydrogen-bond donors (Lipinski definition) is 2. The van der Waals surface area contributed by atoms with Crippen LogP contribution in [-0.2, 0) is 14.9 Å². The number of carbonyl (C=O) groups is 1. The average molecular weight is 401 g/mol. The van der Waals surface area contributed by atoms with Crippen LogP contribution in [0.5, 0.6) is 5.75 Å². The van der Waals surface area contributed by atoms with E-state index in [1.807, 2.05) is 30.5 Å². The number of methoxy groups -OCH3 is 2. The third-order valence-corrected chi connectivity index (χ3v) is 5.25. The van der Waals surface area contributed by atoms with Crippen LogP contribution in [-0.4, -0.2) is 43.5 Å². The Hall–Kier alpha value is -3.48. The highest BCUT2D eigenvalue weighted by atomic mass is 16.5. The smallest absolute Gasteiger partial charge is 0.292 e. The molecule has 0 aliphatic heterocycles. The zero-order valence-corrected chi connectivity index (χ0v) is 17.6. The molecule has 0 saturated heterocycles. The van der Waals surface area contributed by atoms with E-state index in [9.17, 15) is 0 Å². The first-order valence-corrected chi connectivity index (χ1v) is 9.40. The Kier molecular flexibility index (Phi) is 6.01. The fourth-order valence-corrected chi connectivity index (χ4v) is 3.66. The molecule has 2 radical (unpaired) electrons. The van der Waals surface area contributed by atoms with Crippen molar-refractivity contribution in [1.82, 2.24) is 15.0 Å². The summed E-state index contributed by atoms with van der Waals surface area (Å²) in [5.41, 5.74) is 5.18. The van der Waals surface area contributed by atoms with Gasteiger partial charge in [-0.05, 0) is 43.7 Å². The summed E-state index contributed by atoms with van der Waals surface area (Å²) < 4.78 is 9.60. The van der Waals surface area contributed by atoms with Crippen molar-refractivity contribution in [3.05, 3.63) is 66.1 Å². The number of hydrogen-bond acceptors (Lipinski definition) is 4. The molecule has 0 amide bonds. The molecule has 152 valence electrons. The monoisotopic (exact) mass is 401 g/mol. The zero-order valence-electron chi connectivity index (χ0n) is 17.6. The summed E-state index contributed by atoms with van der Waals surface area (Å²) in [6.07, 6.45) is 3.86. The van der Waals surface area contributed by atoms with Gasteiger partial charge in [0.25, 0.3) is 6.47 Å². The van der Waals surface area contributed by atoms with Gasteiger partial charge in [-0.1, -0.05) is 17.6 Å². The van der Waals surface area contributed by atoms with Gasteiger partial charge in [0.05, 0.1) is 30.7 Å². The number of benzene rings is 2. The lowest BCUT2D eigenvalue weighted by molar-refractivity contribution is -0.126. The fourth-order valence-electron chi connectivity index (χ4n) is 3.66. The quantitative estimate of drug-likeness (QED) is 0.305. The van der Waals surface area contributed by atoms with Gasteiger partial charge in [0.15, 0.2) is 0 Å². The van der Waals surface area contributed by atoms with Crippen molar-refractivity contribution in [2.45, 2.75) is 19.3 Å². The Balaban J connectivity index is 0.000000589. The van der Waals surface area contributed by atoms with Gasteiger partial charge in [-0.3, -0.25) is 4.79 Å². The highest BCUT2D eigenvalue weighted by Crippen LogP contribution is 2.43. The molecule has 0 spiro atoms. The molecule has 0 aliphatic rings. The maximum absolute atomic E-state index is 8.95. The third kappa shape index (κ3) is 3.59. The number of fused-ring (bicyclic) bond motifs is 2. The van der Waals surface area contributed by atoms with Crippen molar-refractivity contribution in [2.24, 2.45) is 0 Å². The predicted molar refractivity (Wildman–Crippen MR) is 121 cm³/mol. The van der Waals surface area contributed by atoms with E-state index in [0.29, 0.717) is 11.9 Å². The number of imidazole rings is 1. The van der Waals surface area contributed by atoms with Gasteiger partial charge in [0.1, 0.15) is 19.4 Å². The summed E-state index contributed by atoms with van der Waals surface area (Å²) >= 11 is 0. The first-order chi connectivity index (χ1) is 14.4. The molecule has 30 heavy (non-hydrogen) atoms. The highest BCUT2D eigenvalue weighted by molar-refractivity contribution is 6.33. The van der Waals surface area contributed by atoms with E-state index in [0.717, 1.165) is 44.6 Å². The third-order valence-electron chi connectivity index (χ3n) is 5.25. The molecule has 7 heteroatoms. The van der Waals surface area contributed by atoms with Gasteiger partial charge in [-0.2, -0.15) is 0 Å². The lowest BCUT2D eigenvalue weighted by atomic mass is 9.79. The van der Waals surface area contributed by atoms with Gasteiger partial charge in [-0.25, -0.2) is 4.98 Å². The standard InChI is InChI=1S/C21H20BN3O.C2H4O2/c1-5-21(3,20-24-15-7-6-13(22)11-16(15)25-20)18-14-8-9-23-19(14)12(2)10-17(18)26-4;1-4-2-3/h5-11,23H,1H2,2-4H3,(H,24,25);2H,1H3.